The third-order valence-corrected chi connectivity index (χ3v) is 6.66. The van der Waals surface area contributed by atoms with Crippen molar-refractivity contribution in [3.8, 4) is 0 Å². The first kappa shape index (κ1) is 48.6. The molecule has 0 spiro atoms. The van der Waals surface area contributed by atoms with Crippen LogP contribution in [0, 0.1) is 0 Å². The molecule has 0 saturated carbocycles. The van der Waals surface area contributed by atoms with E-state index in [1.54, 1.807) is 0 Å². The summed E-state index contributed by atoms with van der Waals surface area (Å²) in [5.74, 6) is -98.4. The Kier molecular flexibility index (Phi) is 11.8. The summed E-state index contributed by atoms with van der Waals surface area (Å²) < 4.78 is 371. The number of hydrogen-bond acceptors (Lipinski definition) is 4. The van der Waals surface area contributed by atoms with E-state index in [1.165, 1.54) is 0 Å². The van der Waals surface area contributed by atoms with Gasteiger partial charge in [-0.25, -0.2) is 18.4 Å². The fourth-order valence-corrected chi connectivity index (χ4v) is 3.22. The second-order valence-corrected chi connectivity index (χ2v) is 10.0. The Morgan fingerprint density at radius 2 is 0.519 bits per heavy atom. The van der Waals surface area contributed by atoms with Gasteiger partial charge in [-0.05, 0) is 13.8 Å². The zero-order chi connectivity index (χ0) is 43.0. The van der Waals surface area contributed by atoms with Crippen LogP contribution in [0.4, 0.5) is 114 Å². The van der Waals surface area contributed by atoms with Crippen LogP contribution in [0.3, 0.4) is 0 Å². The molecule has 0 aliphatic rings. The van der Waals surface area contributed by atoms with Gasteiger partial charge < -0.3 is 9.47 Å². The Balaban J connectivity index is 8.06. The van der Waals surface area contributed by atoms with Gasteiger partial charge >= 0.3 is 83.4 Å². The summed E-state index contributed by atoms with van der Waals surface area (Å²) in [5.41, 5.74) is -14.2. The molecule has 0 aromatic carbocycles. The van der Waals surface area contributed by atoms with Crippen LogP contribution in [0.2, 0.25) is 0 Å². The Morgan fingerprint density at radius 1 is 0.365 bits per heavy atom. The number of esters is 2. The van der Waals surface area contributed by atoms with Crippen molar-refractivity contribution in [3.05, 3.63) is 25.3 Å². The maximum Gasteiger partial charge on any atom is 0.429 e. The van der Waals surface area contributed by atoms with Crippen molar-refractivity contribution in [2.24, 2.45) is 0 Å². The largest absolute Gasteiger partial charge is 0.429 e. The second-order valence-electron chi connectivity index (χ2n) is 10.0. The smallest absolute Gasteiger partial charge is 0.415 e. The number of rotatable bonds is 15. The Labute approximate surface area is 268 Å². The van der Waals surface area contributed by atoms with Crippen LogP contribution in [-0.2, 0) is 19.1 Å². The monoisotopic (exact) mass is 834 g/mol. The minimum absolute atomic E-state index is 0.892. The van der Waals surface area contributed by atoms with Crippen LogP contribution in [0.25, 0.3) is 0 Å². The van der Waals surface area contributed by atoms with Gasteiger partial charge in [-0.15, -0.1) is 0 Å². The lowest BCUT2D eigenvalue weighted by molar-refractivity contribution is -0.487. The van der Waals surface area contributed by atoms with E-state index in [1.807, 2.05) is 0 Å². The van der Waals surface area contributed by atoms with Crippen LogP contribution in [0.1, 0.15) is 13.8 Å². The van der Waals surface area contributed by atoms with Gasteiger partial charge in [-0.3, -0.25) is 0 Å². The molecule has 0 aliphatic carbocycles. The molecule has 0 radical (unpaired) electrons. The highest BCUT2D eigenvalue weighted by Crippen LogP contribution is 2.68. The summed E-state index contributed by atoms with van der Waals surface area (Å²) >= 11 is 0. The number of hydrogen-bond donors (Lipinski definition) is 0. The molecular weight excluding hydrogens is 822 g/mol. The third-order valence-electron chi connectivity index (χ3n) is 6.66. The zero-order valence-electron chi connectivity index (χ0n) is 24.0. The van der Waals surface area contributed by atoms with Crippen molar-refractivity contribution in [2.75, 3.05) is 0 Å². The number of carbonyl (C=O) groups is 2. The van der Waals surface area contributed by atoms with Crippen LogP contribution in [-0.4, -0.2) is 94.7 Å². The van der Waals surface area contributed by atoms with Crippen LogP contribution >= 0.6 is 0 Å². The van der Waals surface area contributed by atoms with Crippen molar-refractivity contribution in [1.29, 1.82) is 0 Å². The summed E-state index contributed by atoms with van der Waals surface area (Å²) in [6, 6.07) is 0. The lowest BCUT2D eigenvalue weighted by Gasteiger charge is -2.48. The molecule has 0 fully saturated rings. The Bertz CT molecular complexity index is 1290. The number of ether oxygens (including phenoxy) is 2. The fourth-order valence-electron chi connectivity index (χ4n) is 3.22. The molecule has 306 valence electrons. The van der Waals surface area contributed by atoms with Crippen molar-refractivity contribution in [1.82, 2.24) is 0 Å². The van der Waals surface area contributed by atoms with Crippen LogP contribution in [0.5, 0.6) is 0 Å². The van der Waals surface area contributed by atoms with Gasteiger partial charge in [0.25, 0.3) is 11.3 Å². The Morgan fingerprint density at radius 3 is 0.654 bits per heavy atom. The van der Waals surface area contributed by atoms with Gasteiger partial charge in [0, 0.05) is 12.2 Å². The van der Waals surface area contributed by atoms with E-state index in [0.717, 1.165) is 0 Å². The molecule has 0 N–H and O–H groups in total. The average molecular weight is 834 g/mol. The lowest BCUT2D eigenvalue weighted by atomic mass is 9.80. The molecule has 0 rings (SSSR count). The zero-order valence-corrected chi connectivity index (χ0v) is 24.0. The normalized spacial score (nSPS) is 19.7. The highest BCUT2D eigenvalue weighted by molar-refractivity contribution is 5.82. The van der Waals surface area contributed by atoms with E-state index in [-0.39, 0.29) is 0 Å². The molecule has 0 saturated heterocycles. The summed E-state index contributed by atoms with van der Waals surface area (Å²) in [5, 5.41) is 0. The standard InChI is InChI=1S/C22H12F26O4/c1-5-7(49)51-19(41,9(3,23)21(43,44)45)17(37,38)15(33,34)13(29,30)11(25,26)12(27,28)14(31,32)16(35,36)18(39,40)20(42,52-8(50)6-2)10(4,24)22(46,47)48/h5-6H,1-2H2,3-4H3. The quantitative estimate of drug-likeness (QED) is 0.0938. The summed E-state index contributed by atoms with van der Waals surface area (Å²) in [7, 11) is 0. The third kappa shape index (κ3) is 5.95. The second kappa shape index (κ2) is 12.6. The van der Waals surface area contributed by atoms with Gasteiger partial charge in [-0.1, -0.05) is 13.2 Å². The first-order valence-electron chi connectivity index (χ1n) is 11.8. The molecule has 0 bridgehead atoms. The molecule has 0 heterocycles. The van der Waals surface area contributed by atoms with Crippen molar-refractivity contribution in [2.45, 2.75) is 96.6 Å². The lowest BCUT2D eigenvalue weighted by Crippen LogP contribution is -2.80. The molecule has 4 unspecified atom stereocenters. The summed E-state index contributed by atoms with van der Waals surface area (Å²) in [4.78, 5) is 22.1. The van der Waals surface area contributed by atoms with E-state index in [9.17, 15) is 124 Å². The molecule has 0 aromatic heterocycles. The molecule has 0 amide bonds. The first-order chi connectivity index (χ1) is 22.2. The van der Waals surface area contributed by atoms with Gasteiger partial charge in [-0.2, -0.15) is 105 Å². The molecule has 30 heteroatoms. The van der Waals surface area contributed by atoms with E-state index in [4.69, 9.17) is 0 Å². The van der Waals surface area contributed by atoms with Crippen molar-refractivity contribution < 1.29 is 133 Å². The molecular formula is C22H12F26O4. The minimum atomic E-state index is -9.77. The Hall–Kier alpha value is -3.40. The maximum atomic E-state index is 14.9. The SMILES string of the molecule is C=CC(=O)OC(F)(C(C)(F)C(F)(F)F)C(F)(F)C(F)(F)C(F)(F)C(F)(F)C(F)(F)C(F)(F)C(F)(F)C(F)(F)C(F)(OC(=O)C=C)C(C)(F)C(F)(F)F. The van der Waals surface area contributed by atoms with Crippen molar-refractivity contribution >= 4 is 11.9 Å². The van der Waals surface area contributed by atoms with Crippen LogP contribution in [0.15, 0.2) is 25.3 Å². The summed E-state index contributed by atoms with van der Waals surface area (Å²) in [6.07, 6.45) is -16.9. The van der Waals surface area contributed by atoms with Crippen LogP contribution < -0.4 is 0 Å². The molecule has 4 atom stereocenters. The van der Waals surface area contributed by atoms with Crippen molar-refractivity contribution in [3.63, 3.8) is 0 Å². The molecule has 0 aromatic rings. The van der Waals surface area contributed by atoms with E-state index in [0.29, 0.717) is 0 Å². The summed E-state index contributed by atoms with van der Waals surface area (Å²) in [6.45, 7) is 0.635. The fraction of sp³-hybridized carbons (Fsp3) is 0.727. The van der Waals surface area contributed by atoms with Gasteiger partial charge in [0.2, 0.25) is 0 Å². The van der Waals surface area contributed by atoms with Gasteiger partial charge in [0.05, 0.1) is 0 Å². The van der Waals surface area contributed by atoms with Gasteiger partial charge in [0.1, 0.15) is 0 Å². The maximum absolute atomic E-state index is 14.9. The highest BCUT2D eigenvalue weighted by Gasteiger charge is 3.00. The predicted molar refractivity (Wildman–Crippen MR) is 111 cm³/mol. The molecule has 52 heavy (non-hydrogen) atoms. The topological polar surface area (TPSA) is 52.6 Å². The van der Waals surface area contributed by atoms with E-state index >= 15 is 0 Å². The number of alkyl halides is 26. The highest BCUT2D eigenvalue weighted by atomic mass is 19.4. The first-order valence-corrected chi connectivity index (χ1v) is 11.8. The van der Waals surface area contributed by atoms with Gasteiger partial charge in [0.15, 0.2) is 0 Å². The van der Waals surface area contributed by atoms with E-state index < -0.39 is 121 Å². The number of halogens is 26. The molecule has 0 aliphatic heterocycles. The molecule has 4 nitrogen and oxygen atoms in total. The average Bonchev–Trinajstić information content (AvgIpc) is 2.94. The minimum Gasteiger partial charge on any atom is -0.415 e. The number of carbonyl (C=O) groups excluding carboxylic acids is 2. The predicted octanol–water partition coefficient (Wildman–Crippen LogP) is 9.44. The van der Waals surface area contributed by atoms with E-state index in [2.05, 4.69) is 22.6 Å².